The van der Waals surface area contributed by atoms with Crippen molar-refractivity contribution < 1.29 is 9.90 Å². The van der Waals surface area contributed by atoms with Gasteiger partial charge in [-0.1, -0.05) is 18.5 Å². The number of nitrogens with two attached hydrogens (primary N) is 1. The van der Waals surface area contributed by atoms with Crippen molar-refractivity contribution in [3.63, 3.8) is 0 Å². The van der Waals surface area contributed by atoms with Gasteiger partial charge in [-0.3, -0.25) is 0 Å². The molecule has 13 heavy (non-hydrogen) atoms. The van der Waals surface area contributed by atoms with Crippen LogP contribution in [0.4, 0.5) is 5.95 Å². The Morgan fingerprint density at radius 3 is 2.69 bits per heavy atom. The Kier molecular flexibility index (Phi) is 2.67. The SMILES string of the molecule is CCc1c(Cl)nc(N)nc1C(=O)O. The molecule has 0 radical (unpaired) electrons. The molecule has 0 aliphatic rings. The van der Waals surface area contributed by atoms with Crippen LogP contribution in [0.5, 0.6) is 0 Å². The fourth-order valence-corrected chi connectivity index (χ4v) is 1.27. The van der Waals surface area contributed by atoms with Crippen molar-refractivity contribution in [1.29, 1.82) is 0 Å². The summed E-state index contributed by atoms with van der Waals surface area (Å²) >= 11 is 5.68. The molecule has 0 aromatic carbocycles. The molecule has 0 atom stereocenters. The number of aromatic carboxylic acids is 1. The number of hydrogen-bond donors (Lipinski definition) is 2. The van der Waals surface area contributed by atoms with Crippen LogP contribution < -0.4 is 5.73 Å². The molecule has 1 aromatic rings. The minimum absolute atomic E-state index is 0.104. The first-order valence-electron chi connectivity index (χ1n) is 3.61. The molecule has 0 saturated carbocycles. The third-order valence-electron chi connectivity index (χ3n) is 1.53. The lowest BCUT2D eigenvalue weighted by molar-refractivity contribution is 0.0689. The number of hydrogen-bond acceptors (Lipinski definition) is 4. The minimum atomic E-state index is -1.15. The fraction of sp³-hybridized carbons (Fsp3) is 0.286. The van der Waals surface area contributed by atoms with E-state index in [4.69, 9.17) is 22.4 Å². The summed E-state index contributed by atoms with van der Waals surface area (Å²) in [6.07, 6.45) is 0.459. The van der Waals surface area contributed by atoms with Crippen molar-refractivity contribution in [3.8, 4) is 0 Å². The standard InChI is InChI=1S/C7H8ClN3O2/c1-2-3-4(6(12)13)10-7(9)11-5(3)8/h2H2,1H3,(H,12,13)(H2,9,10,11). The van der Waals surface area contributed by atoms with Crippen LogP contribution >= 0.6 is 11.6 Å². The van der Waals surface area contributed by atoms with Crippen molar-refractivity contribution in [2.24, 2.45) is 0 Å². The number of aromatic nitrogens is 2. The number of carbonyl (C=O) groups is 1. The molecule has 1 rings (SSSR count). The maximum absolute atomic E-state index is 10.7. The molecule has 1 heterocycles. The van der Waals surface area contributed by atoms with Crippen LogP contribution in [-0.2, 0) is 6.42 Å². The summed E-state index contributed by atoms with van der Waals surface area (Å²) in [5.41, 5.74) is 5.53. The predicted octanol–water partition coefficient (Wildman–Crippen LogP) is 0.973. The Morgan fingerprint density at radius 1 is 1.62 bits per heavy atom. The summed E-state index contributed by atoms with van der Waals surface area (Å²) in [7, 11) is 0. The van der Waals surface area contributed by atoms with Gasteiger partial charge < -0.3 is 10.8 Å². The van der Waals surface area contributed by atoms with Gasteiger partial charge in [0.15, 0.2) is 5.69 Å². The number of anilines is 1. The lowest BCUT2D eigenvalue weighted by atomic mass is 10.2. The molecule has 0 saturated heterocycles. The van der Waals surface area contributed by atoms with Crippen LogP contribution in [0.3, 0.4) is 0 Å². The molecule has 3 N–H and O–H groups in total. The number of carboxylic acids is 1. The van der Waals surface area contributed by atoms with Crippen LogP contribution in [0.2, 0.25) is 5.15 Å². The van der Waals surface area contributed by atoms with Gasteiger partial charge in [-0.25, -0.2) is 14.8 Å². The van der Waals surface area contributed by atoms with E-state index < -0.39 is 5.97 Å². The lowest BCUT2D eigenvalue weighted by Gasteiger charge is -2.04. The predicted molar refractivity (Wildman–Crippen MR) is 47.8 cm³/mol. The number of nitrogens with zero attached hydrogens (tertiary/aromatic N) is 2. The first kappa shape index (κ1) is 9.73. The average molecular weight is 202 g/mol. The zero-order valence-electron chi connectivity index (χ0n) is 6.91. The van der Waals surface area contributed by atoms with E-state index in [0.29, 0.717) is 12.0 Å². The third-order valence-corrected chi connectivity index (χ3v) is 1.84. The first-order chi connectivity index (χ1) is 6.06. The molecule has 0 aliphatic heterocycles. The average Bonchev–Trinajstić information content (AvgIpc) is 2.02. The zero-order chi connectivity index (χ0) is 10.0. The van der Waals surface area contributed by atoms with Crippen LogP contribution in [0.15, 0.2) is 0 Å². The molecular formula is C7H8ClN3O2. The number of nitrogen functional groups attached to an aromatic ring is 1. The van der Waals surface area contributed by atoms with Crippen LogP contribution in [-0.4, -0.2) is 21.0 Å². The van der Waals surface area contributed by atoms with Gasteiger partial charge in [0, 0.05) is 5.56 Å². The van der Waals surface area contributed by atoms with Crippen molar-refractivity contribution in [2.75, 3.05) is 5.73 Å². The van der Waals surface area contributed by atoms with Gasteiger partial charge in [0.1, 0.15) is 5.15 Å². The molecule has 70 valence electrons. The van der Waals surface area contributed by atoms with Gasteiger partial charge in [0.05, 0.1) is 0 Å². The lowest BCUT2D eigenvalue weighted by Crippen LogP contribution is -2.10. The number of carboxylic acid groups (broad SMARTS) is 1. The van der Waals surface area contributed by atoms with Crippen molar-refractivity contribution in [2.45, 2.75) is 13.3 Å². The van der Waals surface area contributed by atoms with E-state index >= 15 is 0 Å². The van der Waals surface area contributed by atoms with Gasteiger partial charge in [-0.15, -0.1) is 0 Å². The van der Waals surface area contributed by atoms with Gasteiger partial charge in [-0.2, -0.15) is 0 Å². The van der Waals surface area contributed by atoms with Crippen LogP contribution in [0.25, 0.3) is 0 Å². The van der Waals surface area contributed by atoms with Gasteiger partial charge in [-0.05, 0) is 6.42 Å². The molecule has 0 aliphatic carbocycles. The zero-order valence-corrected chi connectivity index (χ0v) is 7.67. The van der Waals surface area contributed by atoms with Gasteiger partial charge >= 0.3 is 5.97 Å². The molecule has 6 heteroatoms. The second-order valence-electron chi connectivity index (χ2n) is 2.36. The molecule has 0 bridgehead atoms. The third kappa shape index (κ3) is 1.86. The summed E-state index contributed by atoms with van der Waals surface area (Å²) in [4.78, 5) is 17.9. The number of halogens is 1. The van der Waals surface area contributed by atoms with E-state index in [1.54, 1.807) is 6.92 Å². The Labute approximate surface area is 79.6 Å². The van der Waals surface area contributed by atoms with Gasteiger partial charge in [0.25, 0.3) is 0 Å². The number of rotatable bonds is 2. The highest BCUT2D eigenvalue weighted by Gasteiger charge is 2.15. The van der Waals surface area contributed by atoms with Crippen molar-refractivity contribution in [1.82, 2.24) is 9.97 Å². The molecule has 0 amide bonds. The second-order valence-corrected chi connectivity index (χ2v) is 2.72. The monoisotopic (exact) mass is 201 g/mol. The molecule has 1 aromatic heterocycles. The first-order valence-corrected chi connectivity index (χ1v) is 3.99. The smallest absolute Gasteiger partial charge is 0.355 e. The normalized spacial score (nSPS) is 10.0. The summed E-state index contributed by atoms with van der Waals surface area (Å²) < 4.78 is 0. The van der Waals surface area contributed by atoms with Crippen molar-refractivity contribution in [3.05, 3.63) is 16.4 Å². The highest BCUT2D eigenvalue weighted by Crippen LogP contribution is 2.18. The maximum Gasteiger partial charge on any atom is 0.355 e. The van der Waals surface area contributed by atoms with E-state index in [1.165, 1.54) is 0 Å². The van der Waals surface area contributed by atoms with Crippen molar-refractivity contribution >= 4 is 23.5 Å². The van der Waals surface area contributed by atoms with E-state index in [0.717, 1.165) is 0 Å². The molecule has 5 nitrogen and oxygen atoms in total. The van der Waals surface area contributed by atoms with E-state index in [-0.39, 0.29) is 16.8 Å². The Bertz CT molecular complexity index is 354. The highest BCUT2D eigenvalue weighted by atomic mass is 35.5. The largest absolute Gasteiger partial charge is 0.476 e. The topological polar surface area (TPSA) is 89.1 Å². The molecule has 0 unspecified atom stereocenters. The summed E-state index contributed by atoms with van der Waals surface area (Å²) in [6.45, 7) is 1.77. The van der Waals surface area contributed by atoms with E-state index in [9.17, 15) is 4.79 Å². The quantitative estimate of drug-likeness (QED) is 0.696. The molecule has 0 spiro atoms. The summed E-state index contributed by atoms with van der Waals surface area (Å²) in [5, 5.41) is 8.85. The molecular weight excluding hydrogens is 194 g/mol. The Balaban J connectivity index is 3.38. The Morgan fingerprint density at radius 2 is 2.23 bits per heavy atom. The molecule has 0 fully saturated rings. The van der Waals surface area contributed by atoms with Crippen LogP contribution in [0, 0.1) is 0 Å². The van der Waals surface area contributed by atoms with E-state index in [1.807, 2.05) is 0 Å². The second kappa shape index (κ2) is 3.57. The summed E-state index contributed by atoms with van der Waals surface area (Å²) in [5.74, 6) is -1.27. The highest BCUT2D eigenvalue weighted by molar-refractivity contribution is 6.30. The van der Waals surface area contributed by atoms with E-state index in [2.05, 4.69) is 9.97 Å². The maximum atomic E-state index is 10.7. The van der Waals surface area contributed by atoms with Crippen LogP contribution in [0.1, 0.15) is 23.0 Å². The minimum Gasteiger partial charge on any atom is -0.476 e. The summed E-state index contributed by atoms with van der Waals surface area (Å²) in [6, 6.07) is 0. The van der Waals surface area contributed by atoms with Gasteiger partial charge in [0.2, 0.25) is 5.95 Å². The Hall–Kier alpha value is -1.36. The fourth-order valence-electron chi connectivity index (χ4n) is 0.963.